The predicted octanol–water partition coefficient (Wildman–Crippen LogP) is 2.11. The molecule has 0 saturated carbocycles. The van der Waals surface area contributed by atoms with Gasteiger partial charge in [0, 0.05) is 18.7 Å². The average molecular weight is 277 g/mol. The van der Waals surface area contributed by atoms with Crippen molar-refractivity contribution >= 4 is 0 Å². The van der Waals surface area contributed by atoms with Crippen molar-refractivity contribution in [1.82, 2.24) is 25.1 Å². The molecule has 3 heterocycles. The smallest absolute Gasteiger partial charge is 0.182 e. The summed E-state index contributed by atoms with van der Waals surface area (Å²) in [5.41, 5.74) is 2.94. The maximum Gasteiger partial charge on any atom is 0.182 e. The standard InChI is InChI=1S/C16H15N5/c1-2-5-12(6-3-1)13-7-4-8-14(18-13)16-20-19-15-11-17-9-10-21(15)16/h1-8,17H,9-11H2. The van der Waals surface area contributed by atoms with E-state index in [4.69, 9.17) is 4.98 Å². The Kier molecular flexibility index (Phi) is 2.97. The minimum Gasteiger partial charge on any atom is -0.308 e. The number of rotatable bonds is 2. The third kappa shape index (κ3) is 2.21. The topological polar surface area (TPSA) is 55.6 Å². The summed E-state index contributed by atoms with van der Waals surface area (Å²) in [5.74, 6) is 1.83. The monoisotopic (exact) mass is 277 g/mol. The molecule has 0 aliphatic carbocycles. The van der Waals surface area contributed by atoms with Gasteiger partial charge in [-0.1, -0.05) is 36.4 Å². The van der Waals surface area contributed by atoms with Crippen molar-refractivity contribution < 1.29 is 0 Å². The van der Waals surface area contributed by atoms with Crippen LogP contribution in [0.25, 0.3) is 22.8 Å². The summed E-state index contributed by atoms with van der Waals surface area (Å²) in [6, 6.07) is 16.2. The van der Waals surface area contributed by atoms with Gasteiger partial charge in [0.05, 0.1) is 12.2 Å². The van der Waals surface area contributed by atoms with E-state index in [1.165, 1.54) is 0 Å². The predicted molar refractivity (Wildman–Crippen MR) is 80.4 cm³/mol. The molecule has 0 saturated heterocycles. The van der Waals surface area contributed by atoms with Crippen LogP contribution in [0.2, 0.25) is 0 Å². The summed E-state index contributed by atoms with van der Waals surface area (Å²) in [7, 11) is 0. The van der Waals surface area contributed by atoms with Crippen LogP contribution >= 0.6 is 0 Å². The summed E-state index contributed by atoms with van der Waals surface area (Å²) < 4.78 is 2.15. The molecular formula is C16H15N5. The SMILES string of the molecule is c1ccc(-c2cccc(-c3nnc4n3CCNC4)n2)cc1. The molecule has 0 unspecified atom stereocenters. The third-order valence-corrected chi connectivity index (χ3v) is 3.67. The number of nitrogens with one attached hydrogen (secondary N) is 1. The second kappa shape index (κ2) is 5.10. The van der Waals surface area contributed by atoms with Gasteiger partial charge >= 0.3 is 0 Å². The molecule has 1 aromatic carbocycles. The molecule has 1 N–H and O–H groups in total. The van der Waals surface area contributed by atoms with Crippen molar-refractivity contribution in [2.75, 3.05) is 6.54 Å². The highest BCUT2D eigenvalue weighted by Gasteiger charge is 2.17. The van der Waals surface area contributed by atoms with Crippen LogP contribution in [0.1, 0.15) is 5.82 Å². The van der Waals surface area contributed by atoms with E-state index in [9.17, 15) is 0 Å². The van der Waals surface area contributed by atoms with Gasteiger partial charge in [-0.3, -0.25) is 0 Å². The van der Waals surface area contributed by atoms with E-state index in [0.29, 0.717) is 0 Å². The normalized spacial score (nSPS) is 13.9. The molecule has 3 aromatic rings. The number of nitrogens with zero attached hydrogens (tertiary/aromatic N) is 4. The van der Waals surface area contributed by atoms with Crippen LogP contribution < -0.4 is 5.32 Å². The van der Waals surface area contributed by atoms with Gasteiger partial charge in [0.15, 0.2) is 5.82 Å². The van der Waals surface area contributed by atoms with Crippen molar-refractivity contribution in [2.24, 2.45) is 0 Å². The Morgan fingerprint density at radius 3 is 2.67 bits per heavy atom. The highest BCUT2D eigenvalue weighted by molar-refractivity contribution is 5.63. The van der Waals surface area contributed by atoms with Gasteiger partial charge in [-0.15, -0.1) is 10.2 Å². The Bertz CT molecular complexity index is 763. The average Bonchev–Trinajstić information content (AvgIpc) is 3.00. The third-order valence-electron chi connectivity index (χ3n) is 3.67. The molecule has 0 spiro atoms. The molecule has 0 bridgehead atoms. The molecule has 104 valence electrons. The van der Waals surface area contributed by atoms with E-state index >= 15 is 0 Å². The molecule has 0 amide bonds. The molecule has 0 fully saturated rings. The maximum atomic E-state index is 4.75. The first-order valence-electron chi connectivity index (χ1n) is 7.07. The molecule has 0 atom stereocenters. The van der Waals surface area contributed by atoms with Gasteiger partial charge in [0.2, 0.25) is 0 Å². The highest BCUT2D eigenvalue weighted by atomic mass is 15.3. The van der Waals surface area contributed by atoms with Gasteiger partial charge in [-0.25, -0.2) is 4.98 Å². The van der Waals surface area contributed by atoms with Crippen LogP contribution in [0.15, 0.2) is 48.5 Å². The van der Waals surface area contributed by atoms with Crippen molar-refractivity contribution in [3.63, 3.8) is 0 Å². The summed E-state index contributed by atoms with van der Waals surface area (Å²) in [6.07, 6.45) is 0. The summed E-state index contributed by atoms with van der Waals surface area (Å²) in [5, 5.41) is 11.9. The molecule has 5 heteroatoms. The van der Waals surface area contributed by atoms with Crippen molar-refractivity contribution in [3.05, 3.63) is 54.4 Å². The first-order chi connectivity index (χ1) is 10.4. The fraction of sp³-hybridized carbons (Fsp3) is 0.188. The fourth-order valence-corrected chi connectivity index (χ4v) is 2.61. The van der Waals surface area contributed by atoms with Gasteiger partial charge in [0.1, 0.15) is 11.5 Å². The van der Waals surface area contributed by atoms with Gasteiger partial charge < -0.3 is 9.88 Å². The van der Waals surface area contributed by atoms with Gasteiger partial charge in [-0.2, -0.15) is 0 Å². The number of pyridine rings is 1. The first-order valence-corrected chi connectivity index (χ1v) is 7.07. The highest BCUT2D eigenvalue weighted by Crippen LogP contribution is 2.22. The number of fused-ring (bicyclic) bond motifs is 1. The van der Waals surface area contributed by atoms with Gasteiger partial charge in [-0.05, 0) is 12.1 Å². The van der Waals surface area contributed by atoms with E-state index in [-0.39, 0.29) is 0 Å². The molecule has 2 aromatic heterocycles. The second-order valence-electron chi connectivity index (χ2n) is 5.04. The van der Waals surface area contributed by atoms with Crippen molar-refractivity contribution in [3.8, 4) is 22.8 Å². The molecule has 5 nitrogen and oxygen atoms in total. The number of hydrogen-bond donors (Lipinski definition) is 1. The van der Waals surface area contributed by atoms with Crippen molar-refractivity contribution in [2.45, 2.75) is 13.1 Å². The molecule has 1 aliphatic rings. The number of hydrogen-bond acceptors (Lipinski definition) is 4. The Hall–Kier alpha value is -2.53. The zero-order valence-electron chi connectivity index (χ0n) is 11.5. The van der Waals surface area contributed by atoms with Crippen LogP contribution in [0.3, 0.4) is 0 Å². The Balaban J connectivity index is 1.78. The second-order valence-corrected chi connectivity index (χ2v) is 5.04. The summed E-state index contributed by atoms with van der Waals surface area (Å²) in [4.78, 5) is 4.75. The lowest BCUT2D eigenvalue weighted by atomic mass is 10.1. The summed E-state index contributed by atoms with van der Waals surface area (Å²) >= 11 is 0. The minimum atomic E-state index is 0.769. The van der Waals surface area contributed by atoms with Crippen LogP contribution in [-0.2, 0) is 13.1 Å². The molecule has 4 rings (SSSR count). The lowest BCUT2D eigenvalue weighted by Crippen LogP contribution is -2.28. The zero-order chi connectivity index (χ0) is 14.1. The van der Waals surface area contributed by atoms with Crippen LogP contribution in [0.5, 0.6) is 0 Å². The van der Waals surface area contributed by atoms with Crippen LogP contribution in [-0.4, -0.2) is 26.3 Å². The molecular weight excluding hydrogens is 262 g/mol. The molecule has 21 heavy (non-hydrogen) atoms. The van der Waals surface area contributed by atoms with E-state index in [1.54, 1.807) is 0 Å². The summed E-state index contributed by atoms with van der Waals surface area (Å²) in [6.45, 7) is 2.59. The Morgan fingerprint density at radius 1 is 0.905 bits per heavy atom. The van der Waals surface area contributed by atoms with Crippen molar-refractivity contribution in [1.29, 1.82) is 0 Å². The minimum absolute atomic E-state index is 0.769. The van der Waals surface area contributed by atoms with E-state index < -0.39 is 0 Å². The lowest BCUT2D eigenvalue weighted by Gasteiger charge is -2.15. The van der Waals surface area contributed by atoms with Gasteiger partial charge in [0.25, 0.3) is 0 Å². The zero-order valence-corrected chi connectivity index (χ0v) is 11.5. The Labute approximate surface area is 122 Å². The van der Waals surface area contributed by atoms with Crippen LogP contribution in [0, 0.1) is 0 Å². The largest absolute Gasteiger partial charge is 0.308 e. The first kappa shape index (κ1) is 12.2. The number of benzene rings is 1. The van der Waals surface area contributed by atoms with E-state index in [0.717, 1.165) is 48.2 Å². The van der Waals surface area contributed by atoms with Crippen LogP contribution in [0.4, 0.5) is 0 Å². The number of aromatic nitrogens is 4. The maximum absolute atomic E-state index is 4.75. The quantitative estimate of drug-likeness (QED) is 0.779. The van der Waals surface area contributed by atoms with E-state index in [1.807, 2.05) is 36.4 Å². The van der Waals surface area contributed by atoms with E-state index in [2.05, 4.69) is 32.2 Å². The molecule has 1 aliphatic heterocycles. The Morgan fingerprint density at radius 2 is 1.76 bits per heavy atom. The molecule has 0 radical (unpaired) electrons. The fourth-order valence-electron chi connectivity index (χ4n) is 2.61. The lowest BCUT2D eigenvalue weighted by molar-refractivity contribution is 0.508.